The van der Waals surface area contributed by atoms with Crippen LogP contribution in [0, 0.1) is 5.41 Å². The minimum absolute atomic E-state index is 0.310. The van der Waals surface area contributed by atoms with Gasteiger partial charge >= 0.3 is 0 Å². The fourth-order valence-corrected chi connectivity index (χ4v) is 3.74. The maximum absolute atomic E-state index is 2.45. The molecule has 0 fully saturated rings. The summed E-state index contributed by atoms with van der Waals surface area (Å²) in [4.78, 5) is 0. The van der Waals surface area contributed by atoms with E-state index in [-0.39, 0.29) is 0 Å². The highest BCUT2D eigenvalue weighted by Gasteiger charge is 2.25. The van der Waals surface area contributed by atoms with Crippen molar-refractivity contribution in [2.24, 2.45) is 5.41 Å². The molecule has 0 bridgehead atoms. The SMILES string of the molecule is CC=C(C)C1=CCC(C)(C)CC(C(=CC)C2=C(C)C=CCCC2)=C1. The van der Waals surface area contributed by atoms with Crippen LogP contribution in [0.1, 0.15) is 73.6 Å². The van der Waals surface area contributed by atoms with E-state index in [4.69, 9.17) is 0 Å². The smallest absolute Gasteiger partial charge is 0.0218 e. The van der Waals surface area contributed by atoms with Gasteiger partial charge < -0.3 is 0 Å². The first-order valence-electron chi connectivity index (χ1n) is 9.45. The summed E-state index contributed by atoms with van der Waals surface area (Å²) in [6.07, 6.45) is 20.0. The Morgan fingerprint density at radius 2 is 1.92 bits per heavy atom. The fourth-order valence-electron chi connectivity index (χ4n) is 3.74. The van der Waals surface area contributed by atoms with Crippen molar-refractivity contribution in [1.82, 2.24) is 0 Å². The third-order valence-electron chi connectivity index (χ3n) is 5.36. The van der Waals surface area contributed by atoms with Gasteiger partial charge in [0.15, 0.2) is 0 Å². The average Bonchev–Trinajstić information content (AvgIpc) is 2.84. The lowest BCUT2D eigenvalue weighted by Crippen LogP contribution is -2.12. The van der Waals surface area contributed by atoms with Crippen LogP contribution in [0.15, 0.2) is 69.9 Å². The predicted molar refractivity (Wildman–Crippen MR) is 108 cm³/mol. The van der Waals surface area contributed by atoms with Crippen LogP contribution in [0.5, 0.6) is 0 Å². The minimum Gasteiger partial charge on any atom is -0.0843 e. The van der Waals surface area contributed by atoms with Gasteiger partial charge in [0.05, 0.1) is 0 Å². The van der Waals surface area contributed by atoms with E-state index in [0.717, 1.165) is 12.8 Å². The predicted octanol–water partition coefficient (Wildman–Crippen LogP) is 7.63. The maximum atomic E-state index is 2.45. The second-order valence-corrected chi connectivity index (χ2v) is 8.00. The lowest BCUT2D eigenvalue weighted by molar-refractivity contribution is 0.371. The second-order valence-electron chi connectivity index (χ2n) is 8.00. The van der Waals surface area contributed by atoms with E-state index >= 15 is 0 Å². The molecule has 2 rings (SSSR count). The van der Waals surface area contributed by atoms with Gasteiger partial charge in [-0.05, 0) is 98.7 Å². The Morgan fingerprint density at radius 3 is 2.58 bits per heavy atom. The molecule has 0 aliphatic heterocycles. The first-order valence-corrected chi connectivity index (χ1v) is 9.45. The van der Waals surface area contributed by atoms with E-state index in [1.165, 1.54) is 47.1 Å². The summed E-state index contributed by atoms with van der Waals surface area (Å²) >= 11 is 0. The van der Waals surface area contributed by atoms with Gasteiger partial charge in [0, 0.05) is 0 Å². The first kappa shape index (κ1) is 18.8. The molecule has 0 aromatic carbocycles. The zero-order valence-electron chi connectivity index (χ0n) is 16.5. The number of allylic oxidation sites excluding steroid dienone is 12. The largest absolute Gasteiger partial charge is 0.0843 e. The van der Waals surface area contributed by atoms with Gasteiger partial charge in [-0.25, -0.2) is 0 Å². The molecular formula is C24H34. The molecule has 2 aliphatic carbocycles. The minimum atomic E-state index is 0.310. The molecule has 130 valence electrons. The number of hydrogen-bond acceptors (Lipinski definition) is 0. The van der Waals surface area contributed by atoms with Crippen LogP contribution in [-0.2, 0) is 0 Å². The van der Waals surface area contributed by atoms with Crippen molar-refractivity contribution in [3.8, 4) is 0 Å². The van der Waals surface area contributed by atoms with Gasteiger partial charge in [-0.3, -0.25) is 0 Å². The van der Waals surface area contributed by atoms with Gasteiger partial charge in [-0.15, -0.1) is 0 Å². The molecule has 0 heteroatoms. The van der Waals surface area contributed by atoms with E-state index < -0.39 is 0 Å². The molecule has 0 saturated carbocycles. The molecule has 0 atom stereocenters. The van der Waals surface area contributed by atoms with Crippen LogP contribution in [0.3, 0.4) is 0 Å². The first-order chi connectivity index (χ1) is 11.4. The zero-order chi connectivity index (χ0) is 17.7. The van der Waals surface area contributed by atoms with Crippen molar-refractivity contribution < 1.29 is 0 Å². The standard InChI is InChI=1S/C24H34/c1-7-18(3)20-14-15-24(5,6)17-21(16-20)22(8-2)23-13-11-9-10-12-19(23)4/h7-8,10,12,14,16H,9,11,13,15,17H2,1-6H3. The van der Waals surface area contributed by atoms with E-state index in [9.17, 15) is 0 Å². The molecule has 0 heterocycles. The summed E-state index contributed by atoms with van der Waals surface area (Å²) in [5, 5.41) is 0. The second kappa shape index (κ2) is 8.01. The van der Waals surface area contributed by atoms with Crippen LogP contribution in [0.4, 0.5) is 0 Å². The van der Waals surface area contributed by atoms with Gasteiger partial charge in [0.1, 0.15) is 0 Å². The Morgan fingerprint density at radius 1 is 1.17 bits per heavy atom. The third kappa shape index (κ3) is 4.50. The van der Waals surface area contributed by atoms with Gasteiger partial charge in [-0.1, -0.05) is 50.3 Å². The Hall–Kier alpha value is -1.56. The van der Waals surface area contributed by atoms with E-state index in [0.29, 0.717) is 5.41 Å². The highest BCUT2D eigenvalue weighted by Crippen LogP contribution is 2.41. The molecule has 0 aromatic rings. The molecule has 2 aliphatic rings. The molecule has 0 saturated heterocycles. The van der Waals surface area contributed by atoms with Crippen LogP contribution in [-0.4, -0.2) is 0 Å². The summed E-state index contributed by atoms with van der Waals surface area (Å²) < 4.78 is 0. The van der Waals surface area contributed by atoms with Crippen LogP contribution >= 0.6 is 0 Å². The van der Waals surface area contributed by atoms with Crippen molar-refractivity contribution in [1.29, 1.82) is 0 Å². The topological polar surface area (TPSA) is 0 Å². The highest BCUT2D eigenvalue weighted by molar-refractivity contribution is 5.55. The molecule has 0 N–H and O–H groups in total. The van der Waals surface area contributed by atoms with Gasteiger partial charge in [0.25, 0.3) is 0 Å². The lowest BCUT2D eigenvalue weighted by Gasteiger charge is -2.26. The van der Waals surface area contributed by atoms with Crippen molar-refractivity contribution in [2.75, 3.05) is 0 Å². The maximum Gasteiger partial charge on any atom is -0.0218 e. The zero-order valence-corrected chi connectivity index (χ0v) is 16.5. The molecule has 24 heavy (non-hydrogen) atoms. The Balaban J connectivity index is 2.51. The van der Waals surface area contributed by atoms with Crippen molar-refractivity contribution in [3.05, 3.63) is 69.9 Å². The van der Waals surface area contributed by atoms with Crippen LogP contribution in [0.2, 0.25) is 0 Å². The summed E-state index contributed by atoms with van der Waals surface area (Å²) in [5.41, 5.74) is 9.07. The molecule has 0 aromatic heterocycles. The molecule has 0 amide bonds. The Labute approximate surface area is 149 Å². The van der Waals surface area contributed by atoms with Crippen molar-refractivity contribution in [3.63, 3.8) is 0 Å². The Bertz CT molecular complexity index is 654. The highest BCUT2D eigenvalue weighted by atomic mass is 14.3. The fraction of sp³-hybridized carbons (Fsp3) is 0.500. The third-order valence-corrected chi connectivity index (χ3v) is 5.36. The molecular weight excluding hydrogens is 288 g/mol. The quantitative estimate of drug-likeness (QED) is 0.501. The van der Waals surface area contributed by atoms with Crippen LogP contribution < -0.4 is 0 Å². The Kier molecular flexibility index (Phi) is 6.27. The molecule has 0 nitrogen and oxygen atoms in total. The van der Waals surface area contributed by atoms with E-state index in [2.05, 4.69) is 78.0 Å². The van der Waals surface area contributed by atoms with Gasteiger partial charge in [-0.2, -0.15) is 0 Å². The summed E-state index contributed by atoms with van der Waals surface area (Å²) in [7, 11) is 0. The normalized spacial score (nSPS) is 22.8. The van der Waals surface area contributed by atoms with Gasteiger partial charge in [0.2, 0.25) is 0 Å². The average molecular weight is 323 g/mol. The van der Waals surface area contributed by atoms with Crippen molar-refractivity contribution >= 4 is 0 Å². The number of hydrogen-bond donors (Lipinski definition) is 0. The van der Waals surface area contributed by atoms with E-state index in [1.807, 2.05) is 0 Å². The van der Waals surface area contributed by atoms with Crippen LogP contribution in [0.25, 0.3) is 0 Å². The molecule has 0 unspecified atom stereocenters. The number of rotatable bonds is 3. The lowest BCUT2D eigenvalue weighted by atomic mass is 9.79. The van der Waals surface area contributed by atoms with Crippen molar-refractivity contribution in [2.45, 2.75) is 73.6 Å². The molecule has 0 radical (unpaired) electrons. The summed E-state index contributed by atoms with van der Waals surface area (Å²) in [6, 6.07) is 0. The summed E-state index contributed by atoms with van der Waals surface area (Å²) in [5.74, 6) is 0. The summed E-state index contributed by atoms with van der Waals surface area (Å²) in [6.45, 7) is 13.6. The van der Waals surface area contributed by atoms with E-state index in [1.54, 1.807) is 5.57 Å². The monoisotopic (exact) mass is 322 g/mol. The molecule has 0 spiro atoms.